The lowest BCUT2D eigenvalue weighted by Crippen LogP contribution is -2.74. The molecule has 1 aliphatic heterocycles. The molecule has 1 saturated heterocycles. The third-order valence-electron chi connectivity index (χ3n) is 6.63. The summed E-state index contributed by atoms with van der Waals surface area (Å²) in [5.74, 6) is 0.438. The number of methoxy groups -OCH3 is 1. The second-order valence-electron chi connectivity index (χ2n) is 9.33. The van der Waals surface area contributed by atoms with Gasteiger partial charge < -0.3 is 25.1 Å². The van der Waals surface area contributed by atoms with Crippen molar-refractivity contribution in [2.45, 2.75) is 66.5 Å². The zero-order valence-electron chi connectivity index (χ0n) is 21.5. The van der Waals surface area contributed by atoms with E-state index >= 15 is 0 Å². The van der Waals surface area contributed by atoms with E-state index in [1.807, 2.05) is 0 Å². The average molecular weight is 546 g/mol. The van der Waals surface area contributed by atoms with Gasteiger partial charge in [0.2, 0.25) is 14.8 Å². The third kappa shape index (κ3) is 6.82. The van der Waals surface area contributed by atoms with Crippen LogP contribution in [0.15, 0.2) is 59.5 Å². The zero-order chi connectivity index (χ0) is 27.7. The molecule has 3 atom stereocenters. The minimum Gasteiger partial charge on any atom is -0.497 e. The number of carbonyl (C=O) groups excluding carboxylic acids is 1. The molecular weight excluding hydrogens is 510 g/mol. The van der Waals surface area contributed by atoms with Gasteiger partial charge in [-0.15, -0.1) is 0 Å². The largest absolute Gasteiger partial charge is 0.497 e. The molecule has 0 aromatic heterocycles. The molecule has 206 valence electrons. The fourth-order valence-electron chi connectivity index (χ4n) is 4.46. The highest BCUT2D eigenvalue weighted by Crippen LogP contribution is 2.38. The molecule has 4 N–H and O–H groups in total. The number of nitrogens with two attached hydrogens (primary N) is 1. The number of benzene rings is 2. The lowest BCUT2D eigenvalue weighted by atomic mass is 9.90. The van der Waals surface area contributed by atoms with Crippen LogP contribution in [0.5, 0.6) is 5.75 Å². The monoisotopic (exact) mass is 545 g/mol. The first-order chi connectivity index (χ1) is 18.1. The number of unbranched alkanes of at least 4 members (excludes halogenated alkanes) is 3. The van der Waals surface area contributed by atoms with Crippen LogP contribution in [-0.4, -0.2) is 56.6 Å². The summed E-state index contributed by atoms with van der Waals surface area (Å²) < 4.78 is 44.0. The summed E-state index contributed by atoms with van der Waals surface area (Å²) in [6.07, 6.45) is 0.111. The fourth-order valence-corrected chi connectivity index (χ4v) is 6.36. The van der Waals surface area contributed by atoms with Gasteiger partial charge in [-0.3, -0.25) is 5.32 Å². The molecule has 0 unspecified atom stereocenters. The number of rotatable bonds is 13. The minimum absolute atomic E-state index is 0.180. The molecule has 11 heteroatoms. The van der Waals surface area contributed by atoms with Crippen LogP contribution in [0.4, 0.5) is 4.79 Å². The van der Waals surface area contributed by atoms with Gasteiger partial charge in [0.15, 0.2) is 0 Å². The number of amides is 1. The van der Waals surface area contributed by atoms with Crippen LogP contribution in [0, 0.1) is 11.3 Å². The lowest BCUT2D eigenvalue weighted by Gasteiger charge is -2.44. The number of nitrogens with one attached hydrogen (secondary N) is 1. The van der Waals surface area contributed by atoms with E-state index in [-0.39, 0.29) is 30.8 Å². The maximum absolute atomic E-state index is 14.1. The Bertz CT molecular complexity index is 1200. The van der Waals surface area contributed by atoms with E-state index in [9.17, 15) is 18.3 Å². The Kier molecular flexibility index (Phi) is 10.1. The maximum Gasteiger partial charge on any atom is 0.409 e. The number of carbonyl (C=O) groups is 1. The van der Waals surface area contributed by atoms with Gasteiger partial charge in [-0.05, 0) is 49.1 Å². The van der Waals surface area contributed by atoms with Gasteiger partial charge in [0.25, 0.3) is 0 Å². The van der Waals surface area contributed by atoms with E-state index in [2.05, 4.69) is 11.4 Å². The maximum atomic E-state index is 14.1. The number of alkyl carbamates (subject to hydrolysis) is 1. The molecule has 38 heavy (non-hydrogen) atoms. The number of nitriles is 1. The fraction of sp³-hybridized carbons (Fsp3) is 0.481. The molecule has 0 saturated carbocycles. The van der Waals surface area contributed by atoms with Gasteiger partial charge in [0.05, 0.1) is 31.3 Å². The highest BCUT2D eigenvalue weighted by Gasteiger charge is 2.58. The van der Waals surface area contributed by atoms with Crippen molar-refractivity contribution in [3.63, 3.8) is 0 Å². The predicted molar refractivity (Wildman–Crippen MR) is 140 cm³/mol. The Labute approximate surface area is 223 Å². The Morgan fingerprint density at radius 2 is 1.89 bits per heavy atom. The van der Waals surface area contributed by atoms with Crippen molar-refractivity contribution in [2.24, 2.45) is 5.73 Å². The zero-order valence-corrected chi connectivity index (χ0v) is 22.3. The number of hydrogen-bond donors (Lipinski definition) is 3. The van der Waals surface area contributed by atoms with Crippen molar-refractivity contribution in [3.8, 4) is 11.8 Å². The highest BCUT2D eigenvalue weighted by molar-refractivity contribution is 7.92. The van der Waals surface area contributed by atoms with Crippen LogP contribution >= 0.6 is 0 Å². The van der Waals surface area contributed by atoms with Crippen LogP contribution in [-0.2, 0) is 25.7 Å². The molecule has 10 nitrogen and oxygen atoms in total. The Hall–Kier alpha value is -3.17. The SMILES string of the molecule is COc1ccc(S(=O)(=O)[C@](O)(CCCCCC#N)[C@](N)(Cc2ccccc2)NC(=O)O[C@H]2CCOC2)cc1. The number of aliphatic hydroxyl groups is 1. The molecule has 0 bridgehead atoms. The number of hydrogen-bond acceptors (Lipinski definition) is 9. The van der Waals surface area contributed by atoms with E-state index < -0.39 is 32.6 Å². The molecular formula is C27H35N3O7S. The van der Waals surface area contributed by atoms with Crippen molar-refractivity contribution in [3.05, 3.63) is 60.2 Å². The quantitative estimate of drug-likeness (QED) is 0.254. The number of nitrogens with zero attached hydrogens (tertiary/aromatic N) is 1. The van der Waals surface area contributed by atoms with Crippen LogP contribution in [0.2, 0.25) is 0 Å². The highest BCUT2D eigenvalue weighted by atomic mass is 32.2. The molecule has 0 radical (unpaired) electrons. The third-order valence-corrected chi connectivity index (χ3v) is 8.98. The molecule has 0 spiro atoms. The van der Waals surface area contributed by atoms with Crippen LogP contribution in [0.25, 0.3) is 0 Å². The summed E-state index contributed by atoms with van der Waals surface area (Å²) in [4.78, 5) is 10.2. The average Bonchev–Trinajstić information content (AvgIpc) is 3.41. The molecule has 0 aliphatic carbocycles. The summed E-state index contributed by atoms with van der Waals surface area (Å²) in [6, 6.07) is 16.4. The first-order valence-corrected chi connectivity index (χ1v) is 14.0. The van der Waals surface area contributed by atoms with Gasteiger partial charge in [-0.2, -0.15) is 5.26 Å². The van der Waals surface area contributed by atoms with E-state index in [0.717, 1.165) is 0 Å². The first-order valence-electron chi connectivity index (χ1n) is 12.5. The summed E-state index contributed by atoms with van der Waals surface area (Å²) >= 11 is 0. The number of ether oxygens (including phenoxy) is 3. The number of sulfone groups is 1. The predicted octanol–water partition coefficient (Wildman–Crippen LogP) is 3.04. The van der Waals surface area contributed by atoms with Crippen LogP contribution < -0.4 is 15.8 Å². The molecule has 2 aromatic rings. The van der Waals surface area contributed by atoms with Crippen molar-refractivity contribution in [2.75, 3.05) is 20.3 Å². The second kappa shape index (κ2) is 13.1. The Morgan fingerprint density at radius 3 is 2.50 bits per heavy atom. The van der Waals surface area contributed by atoms with Gasteiger partial charge in [-0.1, -0.05) is 36.8 Å². The Balaban J connectivity index is 2.04. The Morgan fingerprint density at radius 1 is 1.18 bits per heavy atom. The van der Waals surface area contributed by atoms with E-state index in [4.69, 9.17) is 25.2 Å². The summed E-state index contributed by atoms with van der Waals surface area (Å²) in [7, 11) is -3.10. The summed E-state index contributed by atoms with van der Waals surface area (Å²) in [6.45, 7) is 0.658. The second-order valence-corrected chi connectivity index (χ2v) is 11.5. The molecule has 1 aliphatic rings. The topological polar surface area (TPSA) is 161 Å². The van der Waals surface area contributed by atoms with E-state index in [1.165, 1.54) is 31.4 Å². The van der Waals surface area contributed by atoms with E-state index in [1.54, 1.807) is 30.3 Å². The van der Waals surface area contributed by atoms with Gasteiger partial charge >= 0.3 is 6.09 Å². The van der Waals surface area contributed by atoms with Crippen LogP contribution in [0.3, 0.4) is 0 Å². The van der Waals surface area contributed by atoms with Crippen molar-refractivity contribution in [1.29, 1.82) is 5.26 Å². The molecule has 1 amide bonds. The first kappa shape index (κ1) is 29.4. The lowest BCUT2D eigenvalue weighted by molar-refractivity contribution is 0.00372. The van der Waals surface area contributed by atoms with E-state index in [0.29, 0.717) is 43.6 Å². The molecule has 1 fully saturated rings. The molecule has 1 heterocycles. The standard InChI is InChI=1S/C27H35N3O7S/c1-35-22-11-13-24(14-12-22)38(33,34)27(32,16-7-2-3-8-17-28)26(29,19-21-9-5-4-6-10-21)30-25(31)37-23-15-18-36-20-23/h4-6,9-14,23,32H,2-3,7-8,15-16,18-20,29H2,1H3,(H,30,31)/t23-,26-,27+/m0/s1. The van der Waals surface area contributed by atoms with Gasteiger partial charge in [-0.25, -0.2) is 13.2 Å². The van der Waals surface area contributed by atoms with Gasteiger partial charge in [0.1, 0.15) is 17.5 Å². The smallest absolute Gasteiger partial charge is 0.409 e. The van der Waals surface area contributed by atoms with Gasteiger partial charge in [0, 0.05) is 19.3 Å². The normalized spacial score (nSPS) is 18.5. The molecule has 3 rings (SSSR count). The van der Waals surface area contributed by atoms with Crippen LogP contribution in [0.1, 0.15) is 44.1 Å². The summed E-state index contributed by atoms with van der Waals surface area (Å²) in [5, 5.41) is 23.5. The van der Waals surface area contributed by atoms with Crippen molar-refractivity contribution in [1.82, 2.24) is 5.32 Å². The minimum atomic E-state index is -4.55. The van der Waals surface area contributed by atoms with Crippen molar-refractivity contribution < 1.29 is 32.5 Å². The molecule has 2 aromatic carbocycles. The van der Waals surface area contributed by atoms with Crippen molar-refractivity contribution >= 4 is 15.9 Å². The summed E-state index contributed by atoms with van der Waals surface area (Å²) in [5.41, 5.74) is 5.18.